The first-order chi connectivity index (χ1) is 16.4. The third kappa shape index (κ3) is 6.29. The standard InChI is InChI=1S/C27H34N4O2S/c1-19-17-31(20(2)16-29-19)18-22-7-4-8-23(14-22)24-12-13-28-27(30-24)9-5-6-21-10-11-26(34(3)33)25(32)15-21/h4,7-8,10-15,19-20,29,32H,5-6,9,16-18H2,1-3H3/t19-,20-,34?/m0/s1. The number of aromatic nitrogens is 2. The van der Waals surface area contributed by atoms with Crippen LogP contribution in [0.4, 0.5) is 0 Å². The third-order valence-electron chi connectivity index (χ3n) is 6.41. The number of aromatic hydroxyl groups is 1. The maximum absolute atomic E-state index is 11.6. The fourth-order valence-corrected chi connectivity index (χ4v) is 5.09. The van der Waals surface area contributed by atoms with Crippen LogP contribution < -0.4 is 5.32 Å². The normalized spacial score (nSPS) is 19.7. The lowest BCUT2D eigenvalue weighted by atomic mass is 10.0. The summed E-state index contributed by atoms with van der Waals surface area (Å²) < 4.78 is 11.6. The molecule has 2 aromatic carbocycles. The average Bonchev–Trinajstić information content (AvgIpc) is 2.82. The van der Waals surface area contributed by atoms with Crippen LogP contribution in [0.25, 0.3) is 11.3 Å². The fraction of sp³-hybridized carbons (Fsp3) is 0.407. The molecular formula is C27H34N4O2S. The number of phenols is 1. The summed E-state index contributed by atoms with van der Waals surface area (Å²) in [5, 5.41) is 13.6. The van der Waals surface area contributed by atoms with Crippen molar-refractivity contribution in [2.45, 2.75) is 56.6 Å². The zero-order valence-electron chi connectivity index (χ0n) is 20.2. The maximum Gasteiger partial charge on any atom is 0.131 e. The van der Waals surface area contributed by atoms with Crippen molar-refractivity contribution >= 4 is 10.8 Å². The Morgan fingerprint density at radius 1 is 1.12 bits per heavy atom. The van der Waals surface area contributed by atoms with E-state index in [0.717, 1.165) is 61.5 Å². The highest BCUT2D eigenvalue weighted by molar-refractivity contribution is 7.84. The largest absolute Gasteiger partial charge is 0.507 e. The summed E-state index contributed by atoms with van der Waals surface area (Å²) in [6, 6.07) is 17.1. The van der Waals surface area contributed by atoms with E-state index >= 15 is 0 Å². The predicted octanol–water partition coefficient (Wildman–Crippen LogP) is 3.94. The minimum absolute atomic E-state index is 0.0983. The molecule has 180 valence electrons. The molecule has 1 unspecified atom stereocenters. The first-order valence-electron chi connectivity index (χ1n) is 11.9. The van der Waals surface area contributed by atoms with Gasteiger partial charge in [-0.3, -0.25) is 9.11 Å². The molecule has 0 saturated carbocycles. The summed E-state index contributed by atoms with van der Waals surface area (Å²) in [6.07, 6.45) is 5.83. The van der Waals surface area contributed by atoms with Crippen LogP contribution in [0.15, 0.2) is 59.6 Å². The number of piperazine rings is 1. The smallest absolute Gasteiger partial charge is 0.131 e. The van der Waals surface area contributed by atoms with Gasteiger partial charge >= 0.3 is 0 Å². The second-order valence-electron chi connectivity index (χ2n) is 9.26. The van der Waals surface area contributed by atoms with Crippen LogP contribution in [0.1, 0.15) is 37.2 Å². The van der Waals surface area contributed by atoms with Crippen molar-refractivity contribution in [3.63, 3.8) is 0 Å². The summed E-state index contributed by atoms with van der Waals surface area (Å²) in [5.41, 5.74) is 4.38. The van der Waals surface area contributed by atoms with E-state index in [9.17, 15) is 9.32 Å². The SMILES string of the molecule is C[C@H]1CN(Cc2cccc(-c3ccnc(CCCc4ccc(S(C)=O)c(O)c4)n3)c2)[C@@H](C)CN1. The molecule has 1 aliphatic rings. The van der Waals surface area contributed by atoms with Gasteiger partial charge in [-0.2, -0.15) is 0 Å². The van der Waals surface area contributed by atoms with Gasteiger partial charge in [-0.1, -0.05) is 24.3 Å². The Hall–Kier alpha value is -2.61. The van der Waals surface area contributed by atoms with Crippen LogP contribution in [0, 0.1) is 0 Å². The fourth-order valence-electron chi connectivity index (χ4n) is 4.47. The molecule has 3 aromatic rings. The quantitative estimate of drug-likeness (QED) is 0.511. The summed E-state index contributed by atoms with van der Waals surface area (Å²) >= 11 is 0. The van der Waals surface area contributed by atoms with Crippen molar-refractivity contribution in [2.24, 2.45) is 0 Å². The van der Waals surface area contributed by atoms with Gasteiger partial charge < -0.3 is 10.4 Å². The second-order valence-corrected chi connectivity index (χ2v) is 10.6. The molecule has 1 aromatic heterocycles. The molecule has 2 heterocycles. The summed E-state index contributed by atoms with van der Waals surface area (Å²) in [6.45, 7) is 7.54. The van der Waals surface area contributed by atoms with Gasteiger partial charge in [0.25, 0.3) is 0 Å². The Kier molecular flexibility index (Phi) is 8.08. The Balaban J connectivity index is 1.39. The lowest BCUT2D eigenvalue weighted by Gasteiger charge is -2.37. The Labute approximate surface area is 204 Å². The van der Waals surface area contributed by atoms with Crippen LogP contribution in [-0.2, 0) is 30.2 Å². The van der Waals surface area contributed by atoms with Crippen LogP contribution in [0.2, 0.25) is 0 Å². The lowest BCUT2D eigenvalue weighted by Crippen LogP contribution is -2.53. The Bertz CT molecular complexity index is 1150. The minimum Gasteiger partial charge on any atom is -0.507 e. The summed E-state index contributed by atoms with van der Waals surface area (Å²) in [5.74, 6) is 0.920. The van der Waals surface area contributed by atoms with Crippen molar-refractivity contribution in [1.29, 1.82) is 0 Å². The monoisotopic (exact) mass is 478 g/mol. The first kappa shape index (κ1) is 24.5. The van der Waals surface area contributed by atoms with E-state index in [1.165, 1.54) is 5.56 Å². The molecule has 6 nitrogen and oxygen atoms in total. The van der Waals surface area contributed by atoms with E-state index in [-0.39, 0.29) is 5.75 Å². The van der Waals surface area contributed by atoms with Crippen molar-refractivity contribution in [3.8, 4) is 17.0 Å². The van der Waals surface area contributed by atoms with Gasteiger partial charge in [0.1, 0.15) is 11.6 Å². The Morgan fingerprint density at radius 2 is 1.97 bits per heavy atom. The molecule has 0 spiro atoms. The van der Waals surface area contributed by atoms with Gasteiger partial charge in [-0.15, -0.1) is 0 Å². The van der Waals surface area contributed by atoms with E-state index in [2.05, 4.69) is 53.3 Å². The van der Waals surface area contributed by atoms with Crippen molar-refractivity contribution in [1.82, 2.24) is 20.2 Å². The van der Waals surface area contributed by atoms with E-state index in [0.29, 0.717) is 17.0 Å². The minimum atomic E-state index is -1.19. The van der Waals surface area contributed by atoms with Gasteiger partial charge in [0.15, 0.2) is 0 Å². The first-order valence-corrected chi connectivity index (χ1v) is 13.5. The van der Waals surface area contributed by atoms with E-state index in [1.54, 1.807) is 18.4 Å². The number of rotatable bonds is 8. The molecule has 4 rings (SSSR count). The predicted molar refractivity (Wildman–Crippen MR) is 137 cm³/mol. The third-order valence-corrected chi connectivity index (χ3v) is 7.37. The number of benzene rings is 2. The summed E-state index contributed by atoms with van der Waals surface area (Å²) in [7, 11) is -1.19. The van der Waals surface area contributed by atoms with E-state index < -0.39 is 10.8 Å². The molecule has 7 heteroatoms. The molecule has 3 atom stereocenters. The average molecular weight is 479 g/mol. The highest BCUT2D eigenvalue weighted by atomic mass is 32.2. The number of aryl methyl sites for hydroxylation is 2. The van der Waals surface area contributed by atoms with Crippen molar-refractivity contribution in [2.75, 3.05) is 19.3 Å². The van der Waals surface area contributed by atoms with Crippen molar-refractivity contribution in [3.05, 3.63) is 71.7 Å². The second kappa shape index (κ2) is 11.2. The topological polar surface area (TPSA) is 78.4 Å². The highest BCUT2D eigenvalue weighted by Gasteiger charge is 2.22. The molecule has 1 saturated heterocycles. The molecule has 0 aliphatic carbocycles. The molecule has 0 amide bonds. The highest BCUT2D eigenvalue weighted by Crippen LogP contribution is 2.23. The van der Waals surface area contributed by atoms with Crippen LogP contribution in [0.5, 0.6) is 5.75 Å². The number of nitrogens with one attached hydrogen (secondary N) is 1. The van der Waals surface area contributed by atoms with Crippen LogP contribution in [0.3, 0.4) is 0 Å². The zero-order valence-corrected chi connectivity index (χ0v) is 21.0. The zero-order chi connectivity index (χ0) is 24.1. The van der Waals surface area contributed by atoms with Gasteiger partial charge in [0.2, 0.25) is 0 Å². The number of nitrogens with zero attached hydrogens (tertiary/aromatic N) is 3. The van der Waals surface area contributed by atoms with Gasteiger partial charge in [-0.05, 0) is 62.1 Å². The molecule has 0 bridgehead atoms. The van der Waals surface area contributed by atoms with Crippen LogP contribution in [-0.4, -0.2) is 55.6 Å². The number of hydrogen-bond acceptors (Lipinski definition) is 6. The van der Waals surface area contributed by atoms with Gasteiger partial charge in [0.05, 0.1) is 21.4 Å². The number of hydrogen-bond donors (Lipinski definition) is 2. The maximum atomic E-state index is 11.6. The summed E-state index contributed by atoms with van der Waals surface area (Å²) in [4.78, 5) is 12.3. The molecule has 1 fully saturated rings. The molecule has 0 radical (unpaired) electrons. The van der Waals surface area contributed by atoms with Gasteiger partial charge in [-0.25, -0.2) is 9.97 Å². The molecular weight excluding hydrogens is 444 g/mol. The molecule has 2 N–H and O–H groups in total. The van der Waals surface area contributed by atoms with E-state index in [1.807, 2.05) is 18.3 Å². The van der Waals surface area contributed by atoms with Crippen LogP contribution >= 0.6 is 0 Å². The Morgan fingerprint density at radius 3 is 2.76 bits per heavy atom. The van der Waals surface area contributed by atoms with Crippen molar-refractivity contribution < 1.29 is 9.32 Å². The lowest BCUT2D eigenvalue weighted by molar-refractivity contribution is 0.139. The molecule has 34 heavy (non-hydrogen) atoms. The van der Waals surface area contributed by atoms with Gasteiger partial charge in [0, 0.05) is 56.2 Å². The molecule has 1 aliphatic heterocycles. The number of phenolic OH excluding ortho intramolecular Hbond substituents is 1. The van der Waals surface area contributed by atoms with E-state index in [4.69, 9.17) is 4.98 Å².